The van der Waals surface area contributed by atoms with Crippen molar-refractivity contribution in [2.45, 2.75) is 38.1 Å². The molecule has 0 bridgehead atoms. The van der Waals surface area contributed by atoms with Crippen molar-refractivity contribution >= 4 is 5.91 Å². The van der Waals surface area contributed by atoms with Crippen molar-refractivity contribution in [2.24, 2.45) is 0 Å². The molecule has 1 fully saturated rings. The van der Waals surface area contributed by atoms with Gasteiger partial charge in [0.25, 0.3) is 0 Å². The zero-order chi connectivity index (χ0) is 8.32. The molecule has 0 radical (unpaired) electrons. The maximum Gasteiger partial charge on any atom is 0.220 e. The van der Waals surface area contributed by atoms with Crippen LogP contribution < -0.4 is 5.32 Å². The van der Waals surface area contributed by atoms with Gasteiger partial charge in [-0.15, -0.1) is 0 Å². The number of nitrogens with one attached hydrogen (secondary N) is 1. The predicted octanol–water partition coefficient (Wildman–Crippen LogP) is 1.40. The summed E-state index contributed by atoms with van der Waals surface area (Å²) in [5, 5.41) is 2.70. The van der Waals surface area contributed by atoms with E-state index in [9.17, 15) is 9.18 Å². The first-order valence-corrected chi connectivity index (χ1v) is 4.09. The van der Waals surface area contributed by atoms with Crippen LogP contribution in [0.1, 0.15) is 32.6 Å². The van der Waals surface area contributed by atoms with Gasteiger partial charge in [-0.25, -0.2) is 4.39 Å². The van der Waals surface area contributed by atoms with Crippen LogP contribution in [0.25, 0.3) is 0 Å². The van der Waals surface area contributed by atoms with E-state index in [4.69, 9.17) is 0 Å². The zero-order valence-corrected chi connectivity index (χ0v) is 6.82. The molecular weight excluding hydrogens is 145 g/mol. The normalized spacial score (nSPS) is 19.5. The first-order valence-electron chi connectivity index (χ1n) is 4.09. The number of halogens is 1. The molecule has 3 heteroatoms. The number of rotatable bonds is 4. The molecule has 1 N–H and O–H groups in total. The van der Waals surface area contributed by atoms with E-state index in [0.29, 0.717) is 6.42 Å². The van der Waals surface area contributed by atoms with Gasteiger partial charge in [-0.1, -0.05) is 6.92 Å². The third kappa shape index (κ3) is 2.17. The Labute approximate surface area is 66.2 Å². The summed E-state index contributed by atoms with van der Waals surface area (Å²) in [5.74, 6) is -0.0114. The van der Waals surface area contributed by atoms with Crippen LogP contribution in [0.2, 0.25) is 0 Å². The van der Waals surface area contributed by atoms with Crippen molar-refractivity contribution in [1.29, 1.82) is 0 Å². The van der Waals surface area contributed by atoms with Crippen LogP contribution in [0.5, 0.6) is 0 Å². The van der Waals surface area contributed by atoms with Gasteiger partial charge in [-0.05, 0) is 19.3 Å². The Balaban J connectivity index is 2.24. The standard InChI is InChI=1S/C8H14FNO/c1-2-3-7(11)10-8(6-9)4-5-8/h2-6H2,1H3,(H,10,11). The van der Waals surface area contributed by atoms with E-state index in [1.165, 1.54) is 0 Å². The summed E-state index contributed by atoms with van der Waals surface area (Å²) in [7, 11) is 0. The van der Waals surface area contributed by atoms with Gasteiger partial charge in [0.05, 0.1) is 5.54 Å². The molecule has 0 aromatic carbocycles. The average Bonchev–Trinajstić information content (AvgIpc) is 2.70. The second kappa shape index (κ2) is 3.20. The molecule has 2 nitrogen and oxygen atoms in total. The van der Waals surface area contributed by atoms with Crippen molar-refractivity contribution < 1.29 is 9.18 Å². The number of amides is 1. The molecule has 0 aromatic rings. The summed E-state index contributed by atoms with van der Waals surface area (Å²) >= 11 is 0. The maximum absolute atomic E-state index is 12.2. The third-order valence-electron chi connectivity index (χ3n) is 1.99. The lowest BCUT2D eigenvalue weighted by Gasteiger charge is -2.12. The van der Waals surface area contributed by atoms with Gasteiger partial charge in [0, 0.05) is 6.42 Å². The molecule has 0 aliphatic heterocycles. The Morgan fingerprint density at radius 3 is 2.64 bits per heavy atom. The molecule has 1 aliphatic carbocycles. The van der Waals surface area contributed by atoms with Crippen molar-refractivity contribution in [3.8, 4) is 0 Å². The summed E-state index contributed by atoms with van der Waals surface area (Å²) in [6.45, 7) is 1.52. The lowest BCUT2D eigenvalue weighted by molar-refractivity contribution is -0.122. The monoisotopic (exact) mass is 159 g/mol. The van der Waals surface area contributed by atoms with Gasteiger partial charge in [0.2, 0.25) is 5.91 Å². The van der Waals surface area contributed by atoms with E-state index < -0.39 is 12.2 Å². The topological polar surface area (TPSA) is 29.1 Å². The molecule has 0 aromatic heterocycles. The minimum Gasteiger partial charge on any atom is -0.348 e. The van der Waals surface area contributed by atoms with E-state index in [1.54, 1.807) is 0 Å². The molecule has 0 saturated heterocycles. The fraction of sp³-hybridized carbons (Fsp3) is 0.875. The second-order valence-electron chi connectivity index (χ2n) is 3.21. The van der Waals surface area contributed by atoms with Crippen LogP contribution in [-0.2, 0) is 4.79 Å². The van der Waals surface area contributed by atoms with Crippen LogP contribution in [-0.4, -0.2) is 18.1 Å². The molecule has 1 rings (SSSR count). The van der Waals surface area contributed by atoms with Crippen LogP contribution in [0.4, 0.5) is 4.39 Å². The van der Waals surface area contributed by atoms with Gasteiger partial charge in [0.1, 0.15) is 6.67 Å². The Kier molecular flexibility index (Phi) is 2.47. The predicted molar refractivity (Wildman–Crippen MR) is 41.0 cm³/mol. The van der Waals surface area contributed by atoms with Crippen molar-refractivity contribution in [1.82, 2.24) is 5.32 Å². The fourth-order valence-corrected chi connectivity index (χ4v) is 1.03. The van der Waals surface area contributed by atoms with Gasteiger partial charge in [-0.2, -0.15) is 0 Å². The molecule has 1 saturated carbocycles. The molecular formula is C8H14FNO. The van der Waals surface area contributed by atoms with E-state index in [1.807, 2.05) is 6.92 Å². The highest BCUT2D eigenvalue weighted by atomic mass is 19.1. The highest BCUT2D eigenvalue weighted by Gasteiger charge is 2.43. The zero-order valence-electron chi connectivity index (χ0n) is 6.82. The quantitative estimate of drug-likeness (QED) is 0.660. The van der Waals surface area contributed by atoms with E-state index in [-0.39, 0.29) is 5.91 Å². The van der Waals surface area contributed by atoms with Gasteiger partial charge in [-0.3, -0.25) is 4.79 Å². The van der Waals surface area contributed by atoms with Crippen LogP contribution >= 0.6 is 0 Å². The molecule has 0 spiro atoms. The van der Waals surface area contributed by atoms with Crippen LogP contribution in [0, 0.1) is 0 Å². The number of carbonyl (C=O) groups is 1. The summed E-state index contributed by atoms with van der Waals surface area (Å²) in [6.07, 6.45) is 2.95. The van der Waals surface area contributed by atoms with Gasteiger partial charge >= 0.3 is 0 Å². The van der Waals surface area contributed by atoms with E-state index >= 15 is 0 Å². The number of hydrogen-bond donors (Lipinski definition) is 1. The smallest absolute Gasteiger partial charge is 0.220 e. The fourth-order valence-electron chi connectivity index (χ4n) is 1.03. The van der Waals surface area contributed by atoms with Crippen LogP contribution in [0.3, 0.4) is 0 Å². The molecule has 1 aliphatic rings. The van der Waals surface area contributed by atoms with Crippen molar-refractivity contribution in [3.05, 3.63) is 0 Å². The lowest BCUT2D eigenvalue weighted by Crippen LogP contribution is -2.38. The lowest BCUT2D eigenvalue weighted by atomic mass is 10.2. The van der Waals surface area contributed by atoms with Crippen LogP contribution in [0.15, 0.2) is 0 Å². The summed E-state index contributed by atoms with van der Waals surface area (Å²) < 4.78 is 12.2. The number of hydrogen-bond acceptors (Lipinski definition) is 1. The summed E-state index contributed by atoms with van der Waals surface area (Å²) in [4.78, 5) is 11.0. The van der Waals surface area contributed by atoms with E-state index in [2.05, 4.69) is 5.32 Å². The van der Waals surface area contributed by atoms with E-state index in [0.717, 1.165) is 19.3 Å². The molecule has 64 valence electrons. The second-order valence-corrected chi connectivity index (χ2v) is 3.21. The SMILES string of the molecule is CCCC(=O)NC1(CF)CC1. The molecule has 0 heterocycles. The van der Waals surface area contributed by atoms with Crippen molar-refractivity contribution in [3.63, 3.8) is 0 Å². The third-order valence-corrected chi connectivity index (χ3v) is 1.99. The summed E-state index contributed by atoms with van der Waals surface area (Å²) in [5.41, 5.74) is -0.452. The van der Waals surface area contributed by atoms with Gasteiger partial charge in [0.15, 0.2) is 0 Å². The Morgan fingerprint density at radius 2 is 2.27 bits per heavy atom. The maximum atomic E-state index is 12.2. The first-order chi connectivity index (χ1) is 5.22. The van der Waals surface area contributed by atoms with Gasteiger partial charge < -0.3 is 5.32 Å². The minimum absolute atomic E-state index is 0.0114. The number of carbonyl (C=O) groups excluding carboxylic acids is 1. The first kappa shape index (κ1) is 8.50. The average molecular weight is 159 g/mol. The number of alkyl halides is 1. The minimum atomic E-state index is -0.452. The highest BCUT2D eigenvalue weighted by Crippen LogP contribution is 2.35. The Hall–Kier alpha value is -0.600. The Morgan fingerprint density at radius 1 is 1.64 bits per heavy atom. The largest absolute Gasteiger partial charge is 0.348 e. The summed E-state index contributed by atoms with van der Waals surface area (Å²) in [6, 6.07) is 0. The Bertz CT molecular complexity index is 154. The highest BCUT2D eigenvalue weighted by molar-refractivity contribution is 5.77. The molecule has 1 amide bonds. The van der Waals surface area contributed by atoms with Crippen molar-refractivity contribution in [2.75, 3.05) is 6.67 Å². The molecule has 0 atom stereocenters. The molecule has 11 heavy (non-hydrogen) atoms. The molecule has 0 unspecified atom stereocenters.